The van der Waals surface area contributed by atoms with Gasteiger partial charge in [0.15, 0.2) is 0 Å². The van der Waals surface area contributed by atoms with Gasteiger partial charge in [0, 0.05) is 22.7 Å². The Morgan fingerprint density at radius 3 is 2.10 bits per heavy atom. The second-order valence-corrected chi connectivity index (χ2v) is 12.1. The van der Waals surface area contributed by atoms with Crippen LogP contribution in [0, 0.1) is 0 Å². The van der Waals surface area contributed by atoms with E-state index in [9.17, 15) is 0 Å². The lowest BCUT2D eigenvalue weighted by Crippen LogP contribution is -2.25. The molecule has 0 aliphatic carbocycles. The predicted octanol–water partition coefficient (Wildman–Crippen LogP) is 6.88. The van der Waals surface area contributed by atoms with Crippen LogP contribution in [0.5, 0.6) is 11.5 Å². The highest BCUT2D eigenvalue weighted by atomic mass is 32.1. The molecule has 5 nitrogen and oxygen atoms in total. The monoisotopic (exact) mass is 555 g/mol. The molecular weight excluding hydrogens is 514 g/mol. The highest BCUT2D eigenvalue weighted by Gasteiger charge is 2.16. The second-order valence-electron chi connectivity index (χ2n) is 11.1. The summed E-state index contributed by atoms with van der Waals surface area (Å²) in [6.07, 6.45) is 7.13. The number of nitrogens with two attached hydrogens (primary N) is 1. The number of hydrogen-bond donors (Lipinski definition) is 1. The number of nitrogen functional groups attached to an aromatic ring is 1. The summed E-state index contributed by atoms with van der Waals surface area (Å²) in [7, 11) is 0. The van der Waals surface area contributed by atoms with E-state index in [1.165, 1.54) is 83.5 Å². The van der Waals surface area contributed by atoms with Gasteiger partial charge in [-0.1, -0.05) is 24.3 Å². The second kappa shape index (κ2) is 13.1. The molecule has 2 aliphatic heterocycles. The van der Waals surface area contributed by atoms with Gasteiger partial charge in [-0.2, -0.15) is 0 Å². The van der Waals surface area contributed by atoms with Crippen molar-refractivity contribution in [1.29, 1.82) is 0 Å². The van der Waals surface area contributed by atoms with E-state index in [1.54, 1.807) is 0 Å². The van der Waals surface area contributed by atoms with Gasteiger partial charge in [0.05, 0.1) is 5.69 Å². The van der Waals surface area contributed by atoms with Crippen LogP contribution in [-0.4, -0.2) is 62.3 Å². The van der Waals surface area contributed by atoms with Crippen LogP contribution in [0.15, 0.2) is 66.7 Å². The fourth-order valence-electron chi connectivity index (χ4n) is 6.03. The van der Waals surface area contributed by atoms with Gasteiger partial charge in [-0.25, -0.2) is 0 Å². The van der Waals surface area contributed by atoms with Gasteiger partial charge in [0.1, 0.15) is 24.7 Å². The lowest BCUT2D eigenvalue weighted by molar-refractivity contribution is 0.238. The lowest BCUT2D eigenvalue weighted by atomic mass is 9.98. The van der Waals surface area contributed by atoms with Gasteiger partial charge in [-0.05, 0) is 129 Å². The van der Waals surface area contributed by atoms with Crippen molar-refractivity contribution >= 4 is 27.1 Å². The van der Waals surface area contributed by atoms with Crippen LogP contribution in [0.25, 0.3) is 20.5 Å². The molecule has 0 bridgehead atoms. The summed E-state index contributed by atoms with van der Waals surface area (Å²) in [5, 5.41) is 1.35. The summed E-state index contributed by atoms with van der Waals surface area (Å²) >= 11 is 1.88. The zero-order chi connectivity index (χ0) is 27.1. The number of likely N-dealkylation sites (tertiary alicyclic amines) is 2. The fraction of sp³-hybridized carbons (Fsp3) is 0.412. The standard InChI is InChI=1S/C34H41N3O2S/c35-31-25-26(10-16-32(31)39-24-22-37-19-5-6-20-37)9-15-30-29-7-1-2-8-33(29)40-34(30)27-11-13-28(14-12-27)38-23-21-36-17-3-4-18-36/h1-2,7-8,10-14,16,25H,3-6,9,15,17-24,35H2. The van der Waals surface area contributed by atoms with Crippen molar-refractivity contribution in [2.24, 2.45) is 0 Å². The van der Waals surface area contributed by atoms with Gasteiger partial charge in [0.2, 0.25) is 0 Å². The average Bonchev–Trinajstić information content (AvgIpc) is 3.75. The molecule has 2 aliphatic rings. The first-order valence-electron chi connectivity index (χ1n) is 14.9. The molecule has 210 valence electrons. The quantitative estimate of drug-likeness (QED) is 0.193. The van der Waals surface area contributed by atoms with E-state index in [0.29, 0.717) is 6.61 Å². The minimum absolute atomic E-state index is 0.691. The summed E-state index contributed by atoms with van der Waals surface area (Å²) in [6, 6.07) is 23.7. The Balaban J connectivity index is 1.11. The van der Waals surface area contributed by atoms with E-state index in [-0.39, 0.29) is 0 Å². The largest absolute Gasteiger partial charge is 0.492 e. The highest BCUT2D eigenvalue weighted by molar-refractivity contribution is 7.22. The third kappa shape index (κ3) is 6.63. The molecule has 3 heterocycles. The Bertz CT molecular complexity index is 1390. The molecule has 2 N–H and O–H groups in total. The number of benzene rings is 3. The lowest BCUT2D eigenvalue weighted by Gasteiger charge is -2.16. The topological polar surface area (TPSA) is 51.0 Å². The maximum absolute atomic E-state index is 6.41. The van der Waals surface area contributed by atoms with Crippen LogP contribution < -0.4 is 15.2 Å². The van der Waals surface area contributed by atoms with Crippen molar-refractivity contribution in [2.45, 2.75) is 38.5 Å². The van der Waals surface area contributed by atoms with Gasteiger partial charge in [-0.15, -0.1) is 11.3 Å². The van der Waals surface area contributed by atoms with Crippen LogP contribution in [0.3, 0.4) is 0 Å². The first-order valence-corrected chi connectivity index (χ1v) is 15.7. The van der Waals surface area contributed by atoms with Crippen molar-refractivity contribution in [3.8, 4) is 21.9 Å². The maximum Gasteiger partial charge on any atom is 0.142 e. The molecule has 0 atom stereocenters. The van der Waals surface area contributed by atoms with E-state index >= 15 is 0 Å². The number of ether oxygens (including phenoxy) is 2. The average molecular weight is 556 g/mol. The fourth-order valence-corrected chi connectivity index (χ4v) is 7.28. The Hall–Kier alpha value is -3.06. The Labute approximate surface area is 242 Å². The molecule has 0 amide bonds. The van der Waals surface area contributed by atoms with Gasteiger partial charge >= 0.3 is 0 Å². The first kappa shape index (κ1) is 27.1. The number of nitrogens with zero attached hydrogens (tertiary/aromatic N) is 2. The summed E-state index contributed by atoms with van der Waals surface area (Å²) in [5.41, 5.74) is 11.0. The van der Waals surface area contributed by atoms with Crippen molar-refractivity contribution in [2.75, 3.05) is 58.2 Å². The minimum Gasteiger partial charge on any atom is -0.492 e. The highest BCUT2D eigenvalue weighted by Crippen LogP contribution is 2.40. The van der Waals surface area contributed by atoms with Gasteiger partial charge < -0.3 is 15.2 Å². The van der Waals surface area contributed by atoms with Crippen LogP contribution in [0.2, 0.25) is 0 Å². The van der Waals surface area contributed by atoms with E-state index in [4.69, 9.17) is 15.2 Å². The molecular formula is C34H41N3O2S. The summed E-state index contributed by atoms with van der Waals surface area (Å²) in [4.78, 5) is 6.30. The van der Waals surface area contributed by atoms with Crippen molar-refractivity contribution in [3.05, 3.63) is 77.9 Å². The number of rotatable bonds is 12. The van der Waals surface area contributed by atoms with E-state index in [0.717, 1.165) is 49.7 Å². The first-order chi connectivity index (χ1) is 19.7. The smallest absolute Gasteiger partial charge is 0.142 e. The molecule has 0 unspecified atom stereocenters. The molecule has 6 heteroatoms. The van der Waals surface area contributed by atoms with Crippen molar-refractivity contribution in [3.63, 3.8) is 0 Å². The van der Waals surface area contributed by atoms with E-state index < -0.39 is 0 Å². The summed E-state index contributed by atoms with van der Waals surface area (Å²) in [5.74, 6) is 1.75. The molecule has 1 aromatic heterocycles. The molecule has 2 fully saturated rings. The number of anilines is 1. The maximum atomic E-state index is 6.41. The number of fused-ring (bicyclic) bond motifs is 1. The van der Waals surface area contributed by atoms with Crippen molar-refractivity contribution < 1.29 is 9.47 Å². The zero-order valence-corrected chi connectivity index (χ0v) is 24.3. The van der Waals surface area contributed by atoms with Crippen LogP contribution >= 0.6 is 11.3 Å². The van der Waals surface area contributed by atoms with Gasteiger partial charge in [-0.3, -0.25) is 9.80 Å². The zero-order valence-electron chi connectivity index (χ0n) is 23.4. The van der Waals surface area contributed by atoms with Crippen LogP contribution in [-0.2, 0) is 12.8 Å². The third-order valence-electron chi connectivity index (χ3n) is 8.29. The Morgan fingerprint density at radius 2 is 1.40 bits per heavy atom. The molecule has 0 saturated carbocycles. The van der Waals surface area contributed by atoms with Crippen molar-refractivity contribution in [1.82, 2.24) is 9.80 Å². The van der Waals surface area contributed by atoms with E-state index in [1.807, 2.05) is 17.4 Å². The van der Waals surface area contributed by atoms with Gasteiger partial charge in [0.25, 0.3) is 0 Å². The van der Waals surface area contributed by atoms with Crippen LogP contribution in [0.1, 0.15) is 36.8 Å². The minimum atomic E-state index is 0.691. The Kier molecular flexibility index (Phi) is 8.86. The molecule has 4 aromatic rings. The Morgan fingerprint density at radius 1 is 0.725 bits per heavy atom. The van der Waals surface area contributed by atoms with E-state index in [2.05, 4.69) is 70.5 Å². The molecule has 0 spiro atoms. The third-order valence-corrected chi connectivity index (χ3v) is 9.55. The molecule has 2 saturated heterocycles. The molecule has 40 heavy (non-hydrogen) atoms. The number of thiophene rings is 1. The summed E-state index contributed by atoms with van der Waals surface area (Å²) in [6.45, 7) is 8.22. The predicted molar refractivity (Wildman–Crippen MR) is 168 cm³/mol. The van der Waals surface area contributed by atoms with Crippen LogP contribution in [0.4, 0.5) is 5.69 Å². The normalized spacial score (nSPS) is 16.2. The molecule has 6 rings (SSSR count). The number of aryl methyl sites for hydroxylation is 2. The molecule has 0 radical (unpaired) electrons. The SMILES string of the molecule is Nc1cc(CCc2c(-c3ccc(OCCN4CCCC4)cc3)sc3ccccc23)ccc1OCCN1CCCC1. The molecule has 3 aromatic carbocycles. The summed E-state index contributed by atoms with van der Waals surface area (Å²) < 4.78 is 13.4. The number of hydrogen-bond acceptors (Lipinski definition) is 6.